The fourth-order valence-electron chi connectivity index (χ4n) is 2.87. The molecule has 2 rings (SSSR count). The maximum Gasteiger partial charge on any atom is 0.0172 e. The number of rotatable bonds is 6. The van der Waals surface area contributed by atoms with E-state index in [9.17, 15) is 0 Å². The van der Waals surface area contributed by atoms with Crippen LogP contribution in [0.5, 0.6) is 0 Å². The molecule has 1 aromatic rings. The molecule has 1 heterocycles. The highest BCUT2D eigenvalue weighted by molar-refractivity contribution is 5.79. The first-order chi connectivity index (χ1) is 12.1. The average molecular weight is 338 g/mol. The summed E-state index contributed by atoms with van der Waals surface area (Å²) < 4.78 is 0. The average Bonchev–Trinajstić information content (AvgIpc) is 3.11. The Kier molecular flexibility index (Phi) is 9.87. The summed E-state index contributed by atoms with van der Waals surface area (Å²) in [6.07, 6.45) is 11.4. The molecule has 1 aliphatic heterocycles. The molecule has 0 saturated carbocycles. The summed E-state index contributed by atoms with van der Waals surface area (Å²) in [5, 5.41) is 0. The van der Waals surface area contributed by atoms with Crippen molar-refractivity contribution in [3.05, 3.63) is 77.4 Å². The molecule has 0 amide bonds. The molecular formula is C24H35N. The number of benzene rings is 1. The van der Waals surface area contributed by atoms with Crippen LogP contribution in [0.1, 0.15) is 51.7 Å². The minimum Gasteiger partial charge on any atom is -0.300 e. The van der Waals surface area contributed by atoms with Crippen LogP contribution in [0.25, 0.3) is 5.57 Å². The van der Waals surface area contributed by atoms with Crippen molar-refractivity contribution in [2.75, 3.05) is 19.6 Å². The van der Waals surface area contributed by atoms with Gasteiger partial charge in [0.2, 0.25) is 0 Å². The summed E-state index contributed by atoms with van der Waals surface area (Å²) in [4.78, 5) is 2.53. The Bertz CT molecular complexity index is 608. The van der Waals surface area contributed by atoms with Crippen molar-refractivity contribution in [2.24, 2.45) is 0 Å². The normalized spacial score (nSPS) is 16.0. The lowest BCUT2D eigenvalue weighted by Crippen LogP contribution is -2.19. The Morgan fingerprint density at radius 1 is 1.08 bits per heavy atom. The van der Waals surface area contributed by atoms with Gasteiger partial charge in [-0.15, -0.1) is 0 Å². The lowest BCUT2D eigenvalue weighted by molar-refractivity contribution is 0.377. The standard InChI is InChI=1S/C22H29N.C2H6/c1-18(2)8-7-9-20(4)22(14-17-23-15-5-6-16-23)21-12-10-19(3)11-13-21;1-2/h7-14H,1,5-6,15-17H2,2-4H3;1-2H3/b8-7-,20-9+,22-14-;. The first kappa shape index (κ1) is 21.2. The van der Waals surface area contributed by atoms with E-state index in [1.54, 1.807) is 0 Å². The van der Waals surface area contributed by atoms with E-state index >= 15 is 0 Å². The van der Waals surface area contributed by atoms with Crippen molar-refractivity contribution in [3.8, 4) is 0 Å². The molecular weight excluding hydrogens is 302 g/mol. The Morgan fingerprint density at radius 3 is 2.24 bits per heavy atom. The van der Waals surface area contributed by atoms with E-state index in [2.05, 4.69) is 73.9 Å². The molecule has 1 saturated heterocycles. The van der Waals surface area contributed by atoms with Gasteiger partial charge in [-0.05, 0) is 63.4 Å². The summed E-state index contributed by atoms with van der Waals surface area (Å²) in [6.45, 7) is 17.8. The van der Waals surface area contributed by atoms with E-state index in [0.717, 1.165) is 12.1 Å². The molecule has 0 N–H and O–H groups in total. The van der Waals surface area contributed by atoms with Crippen LogP contribution in [-0.2, 0) is 0 Å². The third-order valence-electron chi connectivity index (χ3n) is 4.27. The van der Waals surface area contributed by atoms with Crippen molar-refractivity contribution in [2.45, 2.75) is 47.5 Å². The lowest BCUT2D eigenvalue weighted by Gasteiger charge is -2.14. The van der Waals surface area contributed by atoms with E-state index in [4.69, 9.17) is 0 Å². The fraction of sp³-hybridized carbons (Fsp3) is 0.417. The first-order valence-corrected chi connectivity index (χ1v) is 9.56. The highest BCUT2D eigenvalue weighted by atomic mass is 15.1. The van der Waals surface area contributed by atoms with Gasteiger partial charge in [0.05, 0.1) is 0 Å². The van der Waals surface area contributed by atoms with E-state index in [1.807, 2.05) is 20.8 Å². The molecule has 0 atom stereocenters. The van der Waals surface area contributed by atoms with Crippen LogP contribution >= 0.6 is 0 Å². The summed E-state index contributed by atoms with van der Waals surface area (Å²) in [5.74, 6) is 0. The quantitative estimate of drug-likeness (QED) is 0.530. The minimum absolute atomic E-state index is 1.04. The van der Waals surface area contributed by atoms with Gasteiger partial charge in [-0.1, -0.05) is 80.1 Å². The minimum atomic E-state index is 1.04. The maximum atomic E-state index is 3.92. The molecule has 0 aliphatic carbocycles. The molecule has 0 spiro atoms. The van der Waals surface area contributed by atoms with Crippen molar-refractivity contribution in [3.63, 3.8) is 0 Å². The Labute approximate surface area is 155 Å². The number of hydrogen-bond donors (Lipinski definition) is 0. The zero-order valence-corrected chi connectivity index (χ0v) is 16.8. The van der Waals surface area contributed by atoms with Gasteiger partial charge in [-0.2, -0.15) is 0 Å². The second-order valence-corrected chi connectivity index (χ2v) is 6.55. The van der Waals surface area contributed by atoms with Crippen LogP contribution in [0.15, 0.2) is 66.3 Å². The Morgan fingerprint density at radius 2 is 1.68 bits per heavy atom. The predicted molar refractivity (Wildman–Crippen MR) is 114 cm³/mol. The summed E-state index contributed by atoms with van der Waals surface area (Å²) in [7, 11) is 0. The fourth-order valence-corrected chi connectivity index (χ4v) is 2.87. The number of hydrogen-bond acceptors (Lipinski definition) is 1. The van der Waals surface area contributed by atoms with Gasteiger partial charge < -0.3 is 0 Å². The Hall–Kier alpha value is -1.86. The van der Waals surface area contributed by atoms with Crippen molar-refractivity contribution < 1.29 is 0 Å². The van der Waals surface area contributed by atoms with Crippen LogP contribution in [0.3, 0.4) is 0 Å². The van der Waals surface area contributed by atoms with Gasteiger partial charge >= 0.3 is 0 Å². The molecule has 0 bridgehead atoms. The number of aryl methyl sites for hydroxylation is 1. The SMILES string of the molecule is C=C(C)\C=C/C=C(C)/C(=C/CN1CCCC1)c1ccc(C)cc1.CC. The predicted octanol–water partition coefficient (Wildman–Crippen LogP) is 6.58. The van der Waals surface area contributed by atoms with Crippen LogP contribution in [0, 0.1) is 6.92 Å². The molecule has 0 radical (unpaired) electrons. The zero-order chi connectivity index (χ0) is 18.7. The topological polar surface area (TPSA) is 3.24 Å². The number of likely N-dealkylation sites (tertiary alicyclic amines) is 1. The largest absolute Gasteiger partial charge is 0.300 e. The monoisotopic (exact) mass is 337 g/mol. The zero-order valence-electron chi connectivity index (χ0n) is 16.8. The molecule has 1 aliphatic rings. The summed E-state index contributed by atoms with van der Waals surface area (Å²) in [5.41, 5.74) is 6.31. The van der Waals surface area contributed by atoms with Crippen LogP contribution < -0.4 is 0 Å². The van der Waals surface area contributed by atoms with Crippen molar-refractivity contribution in [1.29, 1.82) is 0 Å². The lowest BCUT2D eigenvalue weighted by atomic mass is 9.97. The summed E-state index contributed by atoms with van der Waals surface area (Å²) >= 11 is 0. The van der Waals surface area contributed by atoms with Crippen LogP contribution in [0.2, 0.25) is 0 Å². The second kappa shape index (κ2) is 11.7. The highest BCUT2D eigenvalue weighted by Gasteiger charge is 2.11. The first-order valence-electron chi connectivity index (χ1n) is 9.56. The second-order valence-electron chi connectivity index (χ2n) is 6.55. The van der Waals surface area contributed by atoms with Gasteiger partial charge in [0.25, 0.3) is 0 Å². The van der Waals surface area contributed by atoms with Crippen molar-refractivity contribution in [1.82, 2.24) is 4.90 Å². The molecule has 1 fully saturated rings. The molecule has 1 nitrogen and oxygen atoms in total. The number of nitrogens with zero attached hydrogens (tertiary/aromatic N) is 1. The molecule has 1 heteroatoms. The van der Waals surface area contributed by atoms with E-state index in [1.165, 1.54) is 48.2 Å². The maximum absolute atomic E-state index is 3.92. The summed E-state index contributed by atoms with van der Waals surface area (Å²) in [6, 6.07) is 8.84. The van der Waals surface area contributed by atoms with Gasteiger partial charge in [0.1, 0.15) is 0 Å². The third kappa shape index (κ3) is 7.70. The smallest absolute Gasteiger partial charge is 0.0172 e. The number of allylic oxidation sites excluding steroid dienone is 6. The van der Waals surface area contributed by atoms with E-state index < -0.39 is 0 Å². The van der Waals surface area contributed by atoms with E-state index in [0.29, 0.717) is 0 Å². The van der Waals surface area contributed by atoms with Gasteiger partial charge in [-0.25, -0.2) is 0 Å². The third-order valence-corrected chi connectivity index (χ3v) is 4.27. The Balaban J connectivity index is 0.00000151. The molecule has 0 aromatic heterocycles. The van der Waals surface area contributed by atoms with Gasteiger partial charge in [-0.3, -0.25) is 4.90 Å². The molecule has 25 heavy (non-hydrogen) atoms. The highest BCUT2D eigenvalue weighted by Crippen LogP contribution is 2.24. The van der Waals surface area contributed by atoms with E-state index in [-0.39, 0.29) is 0 Å². The molecule has 1 aromatic carbocycles. The van der Waals surface area contributed by atoms with Crippen molar-refractivity contribution >= 4 is 5.57 Å². The van der Waals surface area contributed by atoms with Gasteiger partial charge in [0.15, 0.2) is 0 Å². The van der Waals surface area contributed by atoms with Crippen LogP contribution in [-0.4, -0.2) is 24.5 Å². The molecule has 136 valence electrons. The molecule has 0 unspecified atom stereocenters. The van der Waals surface area contributed by atoms with Gasteiger partial charge in [0, 0.05) is 6.54 Å². The van der Waals surface area contributed by atoms with Crippen LogP contribution in [0.4, 0.5) is 0 Å².